The number of rotatable bonds is 19. The molecule has 0 aliphatic carbocycles. The summed E-state index contributed by atoms with van der Waals surface area (Å²) < 4.78 is 5.33. The Morgan fingerprint density at radius 3 is 1.96 bits per heavy atom. The van der Waals surface area contributed by atoms with Crippen molar-refractivity contribution in [1.82, 2.24) is 16.0 Å². The second-order valence-corrected chi connectivity index (χ2v) is 14.8. The largest absolute Gasteiger partial charge is 0.460 e. The van der Waals surface area contributed by atoms with Gasteiger partial charge in [0.1, 0.15) is 6.61 Å². The van der Waals surface area contributed by atoms with Gasteiger partial charge >= 0.3 is 5.97 Å². The first-order valence-electron chi connectivity index (χ1n) is 16.9. The van der Waals surface area contributed by atoms with E-state index in [1.807, 2.05) is 41.5 Å². The maximum absolute atomic E-state index is 13.5. The predicted molar refractivity (Wildman–Crippen MR) is 184 cm³/mol. The van der Waals surface area contributed by atoms with Gasteiger partial charge in [-0.05, 0) is 80.0 Å². The van der Waals surface area contributed by atoms with Crippen LogP contribution in [0.1, 0.15) is 105 Å². The number of anilines is 1. The summed E-state index contributed by atoms with van der Waals surface area (Å²) >= 11 is 0. The maximum Gasteiger partial charge on any atom is 0.338 e. The van der Waals surface area contributed by atoms with Gasteiger partial charge in [-0.2, -0.15) is 0 Å². The molecule has 0 fully saturated rings. The number of aliphatic hydroxyl groups excluding tert-OH is 1. The van der Waals surface area contributed by atoms with E-state index in [4.69, 9.17) is 10.5 Å². The number of aliphatic hydroxyl groups is 1. The summed E-state index contributed by atoms with van der Waals surface area (Å²) in [6.45, 7) is 20.5. The Balaban J connectivity index is 3.08. The van der Waals surface area contributed by atoms with Gasteiger partial charge in [-0.3, -0.25) is 14.4 Å². The Morgan fingerprint density at radius 2 is 1.43 bits per heavy atom. The molecule has 1 aromatic carbocycles. The molecule has 0 bridgehead atoms. The molecule has 10 heteroatoms. The van der Waals surface area contributed by atoms with Gasteiger partial charge in [-0.1, -0.05) is 61.8 Å². The average Bonchev–Trinajstić information content (AvgIpc) is 2.96. The molecule has 0 heterocycles. The Bertz CT molecular complexity index is 1110. The number of ether oxygens (including phenoxy) is 1. The summed E-state index contributed by atoms with van der Waals surface area (Å²) in [6, 6.07) is 6.46. The fourth-order valence-corrected chi connectivity index (χ4v) is 5.98. The van der Waals surface area contributed by atoms with E-state index in [0.717, 1.165) is 12.8 Å². The number of carbonyl (C=O) groups excluding carboxylic acids is 4. The number of nitrogens with two attached hydrogens (primary N) is 1. The molecule has 0 saturated heterocycles. The highest BCUT2D eigenvalue weighted by atomic mass is 16.5. The molecular weight excluding hydrogens is 584 g/mol. The van der Waals surface area contributed by atoms with Crippen LogP contribution in [-0.2, 0) is 19.1 Å². The van der Waals surface area contributed by atoms with Gasteiger partial charge in [-0.25, -0.2) is 4.79 Å². The minimum Gasteiger partial charge on any atom is -0.460 e. The smallest absolute Gasteiger partial charge is 0.338 e. The van der Waals surface area contributed by atoms with Crippen LogP contribution in [0.15, 0.2) is 24.3 Å². The minimum absolute atomic E-state index is 0.00643. The van der Waals surface area contributed by atoms with Crippen LogP contribution in [0.2, 0.25) is 0 Å². The fraction of sp³-hybridized carbons (Fsp3) is 0.722. The highest BCUT2D eigenvalue weighted by Crippen LogP contribution is 2.43. The molecule has 3 amide bonds. The quantitative estimate of drug-likeness (QED) is 0.0808. The van der Waals surface area contributed by atoms with Crippen molar-refractivity contribution < 1.29 is 29.0 Å². The number of nitrogen functional groups attached to an aromatic ring is 1. The summed E-state index contributed by atoms with van der Waals surface area (Å²) in [6.07, 6.45) is 2.60. The van der Waals surface area contributed by atoms with Gasteiger partial charge in [-0.15, -0.1) is 0 Å². The van der Waals surface area contributed by atoms with Crippen LogP contribution >= 0.6 is 0 Å². The number of benzene rings is 1. The lowest BCUT2D eigenvalue weighted by molar-refractivity contribution is -0.134. The molecule has 5 unspecified atom stereocenters. The van der Waals surface area contributed by atoms with Gasteiger partial charge < -0.3 is 31.5 Å². The van der Waals surface area contributed by atoms with E-state index in [-0.39, 0.29) is 67.8 Å². The number of esters is 1. The summed E-state index contributed by atoms with van der Waals surface area (Å²) in [7, 11) is 0. The van der Waals surface area contributed by atoms with Crippen molar-refractivity contribution in [2.75, 3.05) is 32.0 Å². The van der Waals surface area contributed by atoms with Crippen LogP contribution in [-0.4, -0.2) is 61.1 Å². The molecule has 1 rings (SSSR count). The van der Waals surface area contributed by atoms with Gasteiger partial charge in [0.2, 0.25) is 17.7 Å². The van der Waals surface area contributed by atoms with Crippen LogP contribution in [0.3, 0.4) is 0 Å². The number of hydrogen-bond donors (Lipinski definition) is 5. The van der Waals surface area contributed by atoms with Gasteiger partial charge in [0.15, 0.2) is 0 Å². The number of carbonyl (C=O) groups is 4. The second-order valence-electron chi connectivity index (χ2n) is 14.8. The third kappa shape index (κ3) is 12.9. The lowest BCUT2D eigenvalue weighted by atomic mass is 9.64. The number of hydrogen-bond acceptors (Lipinski definition) is 7. The molecule has 0 saturated carbocycles. The van der Waals surface area contributed by atoms with Crippen LogP contribution in [0.25, 0.3) is 0 Å². The zero-order valence-corrected chi connectivity index (χ0v) is 30.0. The molecule has 0 aliphatic rings. The first-order valence-corrected chi connectivity index (χ1v) is 16.9. The molecule has 5 atom stereocenters. The topological polar surface area (TPSA) is 160 Å². The van der Waals surface area contributed by atoms with E-state index in [1.165, 1.54) is 0 Å². The predicted octanol–water partition coefficient (Wildman–Crippen LogP) is 4.95. The maximum atomic E-state index is 13.5. The standard InChI is InChI=1S/C36H62N4O6/c1-11-12-29(33(44)40-23(2)3)36(9,10)25(5)22-28(31(42)38-17-19-41)24(4)21-30(35(6,7)8)32(43)39-18-20-46-34(45)26-13-15-27(37)16-14-26/h13-16,23-25,28-30,41H,11-12,17-22,37H2,1-10H3,(H,38,42)(H,39,43)(H,40,44). The molecule has 6 N–H and O–H groups in total. The Kier molecular flexibility index (Phi) is 16.8. The van der Waals surface area contributed by atoms with Crippen molar-refractivity contribution in [3.8, 4) is 0 Å². The molecule has 0 radical (unpaired) electrons. The first kappa shape index (κ1) is 40.9. The van der Waals surface area contributed by atoms with Crippen molar-refractivity contribution in [2.45, 2.75) is 101 Å². The van der Waals surface area contributed by atoms with Crippen LogP contribution in [0, 0.1) is 40.4 Å². The van der Waals surface area contributed by atoms with Crippen LogP contribution in [0.4, 0.5) is 5.69 Å². The van der Waals surface area contributed by atoms with E-state index < -0.39 is 28.6 Å². The van der Waals surface area contributed by atoms with Gasteiger partial charge in [0.05, 0.1) is 18.7 Å². The molecule has 1 aromatic rings. The van der Waals surface area contributed by atoms with E-state index in [9.17, 15) is 24.3 Å². The minimum atomic E-state index is -0.494. The van der Waals surface area contributed by atoms with Crippen molar-refractivity contribution in [3.05, 3.63) is 29.8 Å². The normalized spacial score (nSPS) is 15.3. The van der Waals surface area contributed by atoms with E-state index in [1.54, 1.807) is 24.3 Å². The Labute approximate surface area is 277 Å². The molecule has 0 aliphatic heterocycles. The van der Waals surface area contributed by atoms with Crippen molar-refractivity contribution >= 4 is 29.4 Å². The summed E-state index contributed by atoms with van der Waals surface area (Å²) in [5, 5.41) is 18.3. The molecule has 262 valence electrons. The summed E-state index contributed by atoms with van der Waals surface area (Å²) in [4.78, 5) is 52.6. The molecule has 10 nitrogen and oxygen atoms in total. The summed E-state index contributed by atoms with van der Waals surface area (Å²) in [5.41, 5.74) is 5.81. The van der Waals surface area contributed by atoms with Gasteiger partial charge in [0.25, 0.3) is 0 Å². The number of amides is 3. The van der Waals surface area contributed by atoms with Gasteiger partial charge in [0, 0.05) is 36.0 Å². The third-order valence-corrected chi connectivity index (χ3v) is 9.29. The summed E-state index contributed by atoms with van der Waals surface area (Å²) in [5.74, 6) is -2.03. The number of nitrogens with one attached hydrogen (secondary N) is 3. The Hall–Kier alpha value is -3.14. The van der Waals surface area contributed by atoms with Crippen molar-refractivity contribution in [3.63, 3.8) is 0 Å². The monoisotopic (exact) mass is 646 g/mol. The highest BCUT2D eigenvalue weighted by molar-refractivity contribution is 5.89. The van der Waals surface area contributed by atoms with Crippen molar-refractivity contribution in [2.24, 2.45) is 40.4 Å². The molecule has 0 spiro atoms. The van der Waals surface area contributed by atoms with E-state index in [2.05, 4.69) is 43.6 Å². The Morgan fingerprint density at radius 1 is 0.848 bits per heavy atom. The lowest BCUT2D eigenvalue weighted by Gasteiger charge is -2.41. The van der Waals surface area contributed by atoms with Crippen molar-refractivity contribution in [1.29, 1.82) is 0 Å². The van der Waals surface area contributed by atoms with Crippen LogP contribution < -0.4 is 21.7 Å². The van der Waals surface area contributed by atoms with Crippen LogP contribution in [0.5, 0.6) is 0 Å². The second kappa shape index (κ2) is 18.9. The zero-order chi connectivity index (χ0) is 35.2. The SMILES string of the molecule is CCCC(C(=O)NC(C)C)C(C)(C)C(C)CC(C(=O)NCCO)C(C)CC(C(=O)NCCOC(=O)c1ccc(N)cc1)C(C)(C)C. The highest BCUT2D eigenvalue weighted by Gasteiger charge is 2.42. The molecule has 0 aromatic heterocycles. The molecule has 46 heavy (non-hydrogen) atoms. The first-order chi connectivity index (χ1) is 21.4. The fourth-order valence-electron chi connectivity index (χ4n) is 5.98. The molecular formula is C36H62N4O6. The van der Waals surface area contributed by atoms with E-state index >= 15 is 0 Å². The van der Waals surface area contributed by atoms with E-state index in [0.29, 0.717) is 24.1 Å². The zero-order valence-electron chi connectivity index (χ0n) is 30.0. The average molecular weight is 647 g/mol. The third-order valence-electron chi connectivity index (χ3n) is 9.29. The lowest BCUT2D eigenvalue weighted by Crippen LogP contribution is -2.46.